The van der Waals surface area contributed by atoms with Gasteiger partial charge in [0.05, 0.1) is 0 Å². The Bertz CT molecular complexity index is 680. The molecule has 2 rings (SSSR count). The topological polar surface area (TPSA) is 55.1 Å². The van der Waals surface area contributed by atoms with E-state index in [2.05, 4.69) is 5.32 Å². The first-order valence-corrected chi connectivity index (χ1v) is 6.32. The van der Waals surface area contributed by atoms with Crippen LogP contribution in [0.3, 0.4) is 0 Å². The van der Waals surface area contributed by atoms with Crippen molar-refractivity contribution in [2.75, 3.05) is 11.1 Å². The molecule has 20 heavy (non-hydrogen) atoms. The molecular formula is C16H17FN2O. The highest BCUT2D eigenvalue weighted by molar-refractivity contribution is 6.06. The molecule has 0 saturated heterocycles. The summed E-state index contributed by atoms with van der Waals surface area (Å²) >= 11 is 0. The lowest BCUT2D eigenvalue weighted by molar-refractivity contribution is 0.102. The number of carbonyl (C=O) groups is 1. The molecule has 0 aliphatic rings. The molecule has 0 aromatic heterocycles. The van der Waals surface area contributed by atoms with Crippen molar-refractivity contribution in [1.82, 2.24) is 0 Å². The van der Waals surface area contributed by atoms with Crippen molar-refractivity contribution in [2.24, 2.45) is 0 Å². The quantitative estimate of drug-likeness (QED) is 0.821. The summed E-state index contributed by atoms with van der Waals surface area (Å²) in [6, 6.07) is 7.80. The van der Waals surface area contributed by atoms with Crippen molar-refractivity contribution < 1.29 is 9.18 Å². The number of aryl methyl sites for hydroxylation is 3. The summed E-state index contributed by atoms with van der Waals surface area (Å²) in [7, 11) is 0. The molecule has 0 radical (unpaired) electrons. The summed E-state index contributed by atoms with van der Waals surface area (Å²) in [6.07, 6.45) is 0. The Balaban J connectivity index is 2.33. The van der Waals surface area contributed by atoms with E-state index in [9.17, 15) is 9.18 Å². The molecule has 0 aliphatic carbocycles. The first-order chi connectivity index (χ1) is 9.38. The van der Waals surface area contributed by atoms with Gasteiger partial charge in [-0.2, -0.15) is 0 Å². The fourth-order valence-electron chi connectivity index (χ4n) is 2.03. The number of anilines is 2. The molecule has 0 bridgehead atoms. The number of amides is 1. The van der Waals surface area contributed by atoms with Crippen LogP contribution in [0.15, 0.2) is 30.3 Å². The van der Waals surface area contributed by atoms with Gasteiger partial charge in [0.15, 0.2) is 0 Å². The zero-order valence-corrected chi connectivity index (χ0v) is 11.8. The van der Waals surface area contributed by atoms with Crippen LogP contribution in [-0.2, 0) is 0 Å². The number of hydrogen-bond acceptors (Lipinski definition) is 2. The van der Waals surface area contributed by atoms with E-state index in [1.54, 1.807) is 12.1 Å². The van der Waals surface area contributed by atoms with Crippen LogP contribution in [-0.4, -0.2) is 5.91 Å². The van der Waals surface area contributed by atoms with Crippen LogP contribution < -0.4 is 11.1 Å². The van der Waals surface area contributed by atoms with E-state index in [0.29, 0.717) is 16.9 Å². The average Bonchev–Trinajstić information content (AvgIpc) is 2.38. The van der Waals surface area contributed by atoms with Gasteiger partial charge >= 0.3 is 0 Å². The van der Waals surface area contributed by atoms with Crippen LogP contribution in [0.1, 0.15) is 27.0 Å². The molecule has 4 heteroatoms. The van der Waals surface area contributed by atoms with E-state index in [1.165, 1.54) is 12.1 Å². The number of nitrogens with two attached hydrogens (primary N) is 1. The van der Waals surface area contributed by atoms with Gasteiger partial charge in [-0.3, -0.25) is 4.79 Å². The lowest BCUT2D eigenvalue weighted by Gasteiger charge is -2.12. The zero-order valence-electron chi connectivity index (χ0n) is 11.8. The Kier molecular flexibility index (Phi) is 3.74. The third-order valence-corrected chi connectivity index (χ3v) is 3.31. The predicted octanol–water partition coefficient (Wildman–Crippen LogP) is 3.59. The minimum absolute atomic E-state index is 0.289. The normalized spacial score (nSPS) is 10.4. The maximum absolute atomic E-state index is 13.2. The molecule has 0 unspecified atom stereocenters. The van der Waals surface area contributed by atoms with Gasteiger partial charge in [0.1, 0.15) is 5.82 Å². The number of nitrogen functional groups attached to an aromatic ring is 1. The number of hydrogen-bond donors (Lipinski definition) is 2. The Morgan fingerprint density at radius 3 is 2.45 bits per heavy atom. The van der Waals surface area contributed by atoms with Gasteiger partial charge in [0, 0.05) is 16.9 Å². The van der Waals surface area contributed by atoms with E-state index in [4.69, 9.17) is 5.73 Å². The van der Waals surface area contributed by atoms with Crippen LogP contribution in [0.25, 0.3) is 0 Å². The SMILES string of the molecule is Cc1cc(C)c(C(=O)Nc2cc(F)ccc2C)cc1N. The molecule has 104 valence electrons. The lowest BCUT2D eigenvalue weighted by atomic mass is 10.0. The lowest BCUT2D eigenvalue weighted by Crippen LogP contribution is -2.15. The highest BCUT2D eigenvalue weighted by Gasteiger charge is 2.12. The summed E-state index contributed by atoms with van der Waals surface area (Å²) in [5, 5.41) is 2.72. The summed E-state index contributed by atoms with van der Waals surface area (Å²) in [5.74, 6) is -0.672. The van der Waals surface area contributed by atoms with Crippen LogP contribution in [0, 0.1) is 26.6 Å². The summed E-state index contributed by atoms with van der Waals surface area (Å²) in [6.45, 7) is 5.55. The predicted molar refractivity (Wildman–Crippen MR) is 79.4 cm³/mol. The van der Waals surface area contributed by atoms with Gasteiger partial charge in [-0.25, -0.2) is 4.39 Å². The standard InChI is InChI=1S/C16H17FN2O/c1-9-4-5-12(17)7-15(9)19-16(20)13-8-14(18)11(3)6-10(13)2/h4-8H,18H2,1-3H3,(H,19,20). The first-order valence-electron chi connectivity index (χ1n) is 6.32. The molecule has 3 N–H and O–H groups in total. The number of rotatable bonds is 2. The van der Waals surface area contributed by atoms with E-state index < -0.39 is 0 Å². The minimum atomic E-state index is -0.383. The molecule has 0 atom stereocenters. The highest BCUT2D eigenvalue weighted by Crippen LogP contribution is 2.21. The Labute approximate surface area is 117 Å². The van der Waals surface area contributed by atoms with Crippen molar-refractivity contribution in [2.45, 2.75) is 20.8 Å². The van der Waals surface area contributed by atoms with Crippen LogP contribution in [0.4, 0.5) is 15.8 Å². The number of halogens is 1. The first kappa shape index (κ1) is 14.1. The second-order valence-corrected chi connectivity index (χ2v) is 4.94. The van der Waals surface area contributed by atoms with Crippen molar-refractivity contribution in [3.8, 4) is 0 Å². The Morgan fingerprint density at radius 1 is 1.05 bits per heavy atom. The second kappa shape index (κ2) is 5.33. The Morgan fingerprint density at radius 2 is 1.75 bits per heavy atom. The van der Waals surface area contributed by atoms with Crippen LogP contribution in [0.2, 0.25) is 0 Å². The van der Waals surface area contributed by atoms with Gasteiger partial charge in [0.25, 0.3) is 5.91 Å². The minimum Gasteiger partial charge on any atom is -0.398 e. The largest absolute Gasteiger partial charge is 0.398 e. The third-order valence-electron chi connectivity index (χ3n) is 3.31. The van der Waals surface area contributed by atoms with E-state index in [0.717, 1.165) is 16.7 Å². The van der Waals surface area contributed by atoms with Crippen molar-refractivity contribution >= 4 is 17.3 Å². The fraction of sp³-hybridized carbons (Fsp3) is 0.188. The average molecular weight is 272 g/mol. The molecule has 2 aromatic rings. The molecule has 0 spiro atoms. The summed E-state index contributed by atoms with van der Waals surface area (Å²) in [5.41, 5.74) is 9.94. The fourth-order valence-corrected chi connectivity index (χ4v) is 2.03. The van der Waals surface area contributed by atoms with E-state index in [-0.39, 0.29) is 11.7 Å². The summed E-state index contributed by atoms with van der Waals surface area (Å²) in [4.78, 5) is 12.3. The van der Waals surface area contributed by atoms with Gasteiger partial charge in [-0.15, -0.1) is 0 Å². The van der Waals surface area contributed by atoms with E-state index in [1.807, 2.05) is 26.8 Å². The van der Waals surface area contributed by atoms with Gasteiger partial charge in [-0.1, -0.05) is 12.1 Å². The molecular weight excluding hydrogens is 255 g/mol. The van der Waals surface area contributed by atoms with Crippen LogP contribution in [0.5, 0.6) is 0 Å². The molecule has 3 nitrogen and oxygen atoms in total. The number of nitrogens with one attached hydrogen (secondary N) is 1. The number of carbonyl (C=O) groups excluding carboxylic acids is 1. The van der Waals surface area contributed by atoms with Gasteiger partial charge in [0.2, 0.25) is 0 Å². The highest BCUT2D eigenvalue weighted by atomic mass is 19.1. The van der Waals surface area contributed by atoms with Crippen molar-refractivity contribution in [3.05, 3.63) is 58.4 Å². The number of benzene rings is 2. The van der Waals surface area contributed by atoms with Gasteiger partial charge < -0.3 is 11.1 Å². The maximum Gasteiger partial charge on any atom is 0.256 e. The smallest absolute Gasteiger partial charge is 0.256 e. The molecule has 1 amide bonds. The van der Waals surface area contributed by atoms with Crippen molar-refractivity contribution in [1.29, 1.82) is 0 Å². The van der Waals surface area contributed by atoms with Crippen molar-refractivity contribution in [3.63, 3.8) is 0 Å². The van der Waals surface area contributed by atoms with E-state index >= 15 is 0 Å². The molecule has 2 aromatic carbocycles. The van der Waals surface area contributed by atoms with Gasteiger partial charge in [-0.05, 0) is 55.7 Å². The zero-order chi connectivity index (χ0) is 14.9. The maximum atomic E-state index is 13.2. The molecule has 0 saturated carbocycles. The summed E-state index contributed by atoms with van der Waals surface area (Å²) < 4.78 is 13.2. The molecule has 0 aliphatic heterocycles. The monoisotopic (exact) mass is 272 g/mol. The Hall–Kier alpha value is -2.36. The molecule has 0 fully saturated rings. The van der Waals surface area contributed by atoms with Crippen LogP contribution >= 0.6 is 0 Å². The molecule has 0 heterocycles. The second-order valence-electron chi connectivity index (χ2n) is 4.94. The third kappa shape index (κ3) is 2.79.